The number of nitrogens with zero attached hydrogens (tertiary/aromatic N) is 1. The van der Waals surface area contributed by atoms with Gasteiger partial charge in [-0.1, -0.05) is 42.0 Å². The van der Waals surface area contributed by atoms with Crippen molar-refractivity contribution in [3.05, 3.63) is 47.5 Å². The van der Waals surface area contributed by atoms with Gasteiger partial charge in [-0.15, -0.1) is 0 Å². The van der Waals surface area contributed by atoms with E-state index in [0.29, 0.717) is 26.1 Å². The van der Waals surface area contributed by atoms with Crippen molar-refractivity contribution in [2.75, 3.05) is 26.2 Å². The lowest BCUT2D eigenvalue weighted by Gasteiger charge is -2.21. The van der Waals surface area contributed by atoms with Gasteiger partial charge in [0.15, 0.2) is 0 Å². The van der Waals surface area contributed by atoms with Crippen LogP contribution in [0.5, 0.6) is 0 Å². The highest BCUT2D eigenvalue weighted by Crippen LogP contribution is 2.06. The lowest BCUT2D eigenvalue weighted by molar-refractivity contribution is -0.130. The standard InChI is InChI=1S/C18H25N3O2/c1-15(22)21(14-17-5-3-2-4-6-17)12-9-18(23)20-13-16-7-10-19-11-8-16/h2-7,19H,8-14H2,1H3,(H,20,23). The first-order valence-corrected chi connectivity index (χ1v) is 8.10. The Labute approximate surface area is 137 Å². The maximum absolute atomic E-state index is 12.0. The van der Waals surface area contributed by atoms with E-state index >= 15 is 0 Å². The highest BCUT2D eigenvalue weighted by molar-refractivity contribution is 5.78. The summed E-state index contributed by atoms with van der Waals surface area (Å²) in [6, 6.07) is 9.82. The predicted octanol–water partition coefficient (Wildman–Crippen LogP) is 1.46. The van der Waals surface area contributed by atoms with Crippen molar-refractivity contribution in [3.63, 3.8) is 0 Å². The van der Waals surface area contributed by atoms with E-state index in [-0.39, 0.29) is 11.8 Å². The Hall–Kier alpha value is -2.14. The van der Waals surface area contributed by atoms with Crippen LogP contribution in [0.15, 0.2) is 42.0 Å². The van der Waals surface area contributed by atoms with Crippen molar-refractivity contribution in [2.45, 2.75) is 26.3 Å². The summed E-state index contributed by atoms with van der Waals surface area (Å²) in [6.07, 6.45) is 3.44. The molecule has 1 heterocycles. The molecule has 0 spiro atoms. The van der Waals surface area contributed by atoms with Crippen molar-refractivity contribution in [1.82, 2.24) is 15.5 Å². The molecule has 0 atom stereocenters. The van der Waals surface area contributed by atoms with Gasteiger partial charge in [0.1, 0.15) is 0 Å². The fourth-order valence-electron chi connectivity index (χ4n) is 2.52. The lowest BCUT2D eigenvalue weighted by atomic mass is 10.1. The van der Waals surface area contributed by atoms with Gasteiger partial charge in [0.05, 0.1) is 0 Å². The quantitative estimate of drug-likeness (QED) is 0.749. The molecule has 1 aliphatic heterocycles. The van der Waals surface area contributed by atoms with Gasteiger partial charge in [-0.25, -0.2) is 0 Å². The van der Waals surface area contributed by atoms with Crippen molar-refractivity contribution < 1.29 is 9.59 Å². The van der Waals surface area contributed by atoms with Gasteiger partial charge in [0.2, 0.25) is 11.8 Å². The van der Waals surface area contributed by atoms with E-state index in [0.717, 1.165) is 25.1 Å². The summed E-state index contributed by atoms with van der Waals surface area (Å²) in [4.78, 5) is 25.4. The molecular weight excluding hydrogens is 290 g/mol. The molecule has 2 N–H and O–H groups in total. The minimum absolute atomic E-state index is 0.0104. The van der Waals surface area contributed by atoms with Crippen LogP contribution in [0.1, 0.15) is 25.3 Å². The minimum atomic E-state index is -0.0114. The SMILES string of the molecule is CC(=O)N(CCC(=O)NCC1=CCNCC1)Cc1ccccc1. The molecule has 1 aromatic rings. The normalized spacial score (nSPS) is 14.0. The topological polar surface area (TPSA) is 61.4 Å². The summed E-state index contributed by atoms with van der Waals surface area (Å²) in [5.74, 6) is -0.0218. The van der Waals surface area contributed by atoms with E-state index in [1.165, 1.54) is 5.57 Å². The third kappa shape index (κ3) is 6.24. The second-order valence-electron chi connectivity index (χ2n) is 5.77. The Morgan fingerprint density at radius 2 is 2.04 bits per heavy atom. The Balaban J connectivity index is 1.75. The van der Waals surface area contributed by atoms with Crippen LogP contribution in [0.3, 0.4) is 0 Å². The maximum atomic E-state index is 12.0. The number of benzene rings is 1. The zero-order chi connectivity index (χ0) is 16.5. The number of nitrogens with one attached hydrogen (secondary N) is 2. The smallest absolute Gasteiger partial charge is 0.222 e. The summed E-state index contributed by atoms with van der Waals surface area (Å²) >= 11 is 0. The lowest BCUT2D eigenvalue weighted by Crippen LogP contribution is -2.34. The third-order valence-electron chi connectivity index (χ3n) is 3.94. The molecule has 2 amide bonds. The largest absolute Gasteiger partial charge is 0.352 e. The van der Waals surface area contributed by atoms with Crippen LogP contribution < -0.4 is 10.6 Å². The average Bonchev–Trinajstić information content (AvgIpc) is 2.58. The first-order valence-electron chi connectivity index (χ1n) is 8.10. The van der Waals surface area contributed by atoms with E-state index in [1.54, 1.807) is 11.8 Å². The summed E-state index contributed by atoms with van der Waals surface area (Å²) in [7, 11) is 0. The first kappa shape index (κ1) is 17.2. The zero-order valence-corrected chi connectivity index (χ0v) is 13.7. The molecule has 2 rings (SSSR count). The monoisotopic (exact) mass is 315 g/mol. The molecule has 5 nitrogen and oxygen atoms in total. The van der Waals surface area contributed by atoms with Crippen LogP contribution >= 0.6 is 0 Å². The summed E-state index contributed by atoms with van der Waals surface area (Å²) < 4.78 is 0. The molecule has 0 radical (unpaired) electrons. The van der Waals surface area contributed by atoms with Crippen molar-refractivity contribution in [2.24, 2.45) is 0 Å². The molecule has 124 valence electrons. The van der Waals surface area contributed by atoms with Gasteiger partial charge < -0.3 is 15.5 Å². The van der Waals surface area contributed by atoms with E-state index < -0.39 is 0 Å². The zero-order valence-electron chi connectivity index (χ0n) is 13.7. The Morgan fingerprint density at radius 3 is 2.70 bits per heavy atom. The molecule has 0 bridgehead atoms. The highest BCUT2D eigenvalue weighted by Gasteiger charge is 2.12. The number of hydrogen-bond acceptors (Lipinski definition) is 3. The van der Waals surface area contributed by atoms with E-state index in [4.69, 9.17) is 0 Å². The van der Waals surface area contributed by atoms with Gasteiger partial charge in [-0.3, -0.25) is 9.59 Å². The number of hydrogen-bond donors (Lipinski definition) is 2. The van der Waals surface area contributed by atoms with Gasteiger partial charge in [0, 0.05) is 39.5 Å². The van der Waals surface area contributed by atoms with Crippen LogP contribution in [0.4, 0.5) is 0 Å². The average molecular weight is 315 g/mol. The second-order valence-corrected chi connectivity index (χ2v) is 5.77. The highest BCUT2D eigenvalue weighted by atomic mass is 16.2. The third-order valence-corrected chi connectivity index (χ3v) is 3.94. The van der Waals surface area contributed by atoms with Crippen LogP contribution in [-0.4, -0.2) is 42.9 Å². The predicted molar refractivity (Wildman–Crippen MR) is 90.7 cm³/mol. The Bertz CT molecular complexity index is 555. The van der Waals surface area contributed by atoms with Gasteiger partial charge in [-0.2, -0.15) is 0 Å². The van der Waals surface area contributed by atoms with Gasteiger partial charge in [-0.05, 0) is 18.5 Å². The number of carbonyl (C=O) groups excluding carboxylic acids is 2. The van der Waals surface area contributed by atoms with Crippen molar-refractivity contribution in [1.29, 1.82) is 0 Å². The molecule has 23 heavy (non-hydrogen) atoms. The molecule has 5 heteroatoms. The fourth-order valence-corrected chi connectivity index (χ4v) is 2.52. The molecule has 0 fully saturated rings. The minimum Gasteiger partial charge on any atom is -0.352 e. The van der Waals surface area contributed by atoms with E-state index in [2.05, 4.69) is 16.7 Å². The molecule has 0 saturated carbocycles. The Kier molecular flexibility index (Phi) is 6.81. The number of rotatable bonds is 7. The van der Waals surface area contributed by atoms with Crippen LogP contribution in [0.25, 0.3) is 0 Å². The molecule has 0 saturated heterocycles. The van der Waals surface area contributed by atoms with Crippen LogP contribution in [-0.2, 0) is 16.1 Å². The van der Waals surface area contributed by atoms with E-state index in [1.807, 2.05) is 30.3 Å². The van der Waals surface area contributed by atoms with Crippen molar-refractivity contribution in [3.8, 4) is 0 Å². The van der Waals surface area contributed by atoms with E-state index in [9.17, 15) is 9.59 Å². The second kappa shape index (κ2) is 9.10. The molecule has 0 aromatic heterocycles. The summed E-state index contributed by atoms with van der Waals surface area (Å²) in [5.41, 5.74) is 2.34. The number of amides is 2. The van der Waals surface area contributed by atoms with Crippen LogP contribution in [0.2, 0.25) is 0 Å². The number of carbonyl (C=O) groups is 2. The molecular formula is C18H25N3O2. The van der Waals surface area contributed by atoms with Gasteiger partial charge in [0.25, 0.3) is 0 Å². The summed E-state index contributed by atoms with van der Waals surface area (Å²) in [6.45, 7) is 4.98. The fraction of sp³-hybridized carbons (Fsp3) is 0.444. The molecule has 1 aliphatic rings. The Morgan fingerprint density at radius 1 is 1.26 bits per heavy atom. The first-order chi connectivity index (χ1) is 11.1. The van der Waals surface area contributed by atoms with Crippen LogP contribution in [0, 0.1) is 0 Å². The van der Waals surface area contributed by atoms with Gasteiger partial charge >= 0.3 is 0 Å². The summed E-state index contributed by atoms with van der Waals surface area (Å²) in [5, 5.41) is 6.18. The molecule has 0 unspecified atom stereocenters. The molecule has 0 aliphatic carbocycles. The molecule has 1 aromatic carbocycles. The van der Waals surface area contributed by atoms with Crippen molar-refractivity contribution >= 4 is 11.8 Å². The maximum Gasteiger partial charge on any atom is 0.222 e.